The smallest absolute Gasteiger partial charge is 0.507 e. The van der Waals surface area contributed by atoms with Crippen LogP contribution in [0, 0.1) is 7.14 Å². The summed E-state index contributed by atoms with van der Waals surface area (Å²) in [5.74, 6) is 0.527. The van der Waals surface area contributed by atoms with Crippen molar-refractivity contribution < 1.29 is 55.2 Å². The fourth-order valence-corrected chi connectivity index (χ4v) is 6.03. The third kappa shape index (κ3) is 3.02. The van der Waals surface area contributed by atoms with Crippen molar-refractivity contribution in [3.8, 4) is 23.0 Å². The maximum absolute atomic E-state index is 12.9. The van der Waals surface area contributed by atoms with Crippen LogP contribution in [0.3, 0.4) is 0 Å². The number of fused-ring (bicyclic) bond motifs is 6. The first-order valence-electron chi connectivity index (χ1n) is 8.03. The van der Waals surface area contributed by atoms with E-state index in [9.17, 15) is 18.6 Å². The van der Waals surface area contributed by atoms with Crippen LogP contribution in [-0.2, 0) is 47.6 Å². The van der Waals surface area contributed by atoms with Gasteiger partial charge in [0.2, 0.25) is 0 Å². The summed E-state index contributed by atoms with van der Waals surface area (Å²) in [6, 6.07) is 12.8. The van der Waals surface area contributed by atoms with Crippen molar-refractivity contribution in [1.29, 1.82) is 0 Å². The van der Waals surface area contributed by atoms with Crippen molar-refractivity contribution in [2.45, 2.75) is 10.5 Å². The van der Waals surface area contributed by atoms with Gasteiger partial charge in [-0.3, -0.25) is 0 Å². The zero-order valence-corrected chi connectivity index (χ0v) is 25.1. The quantitative estimate of drug-likeness (QED) is 0.199. The van der Waals surface area contributed by atoms with E-state index in [2.05, 4.69) is 0 Å². The minimum atomic E-state index is -4.03. The summed E-state index contributed by atoms with van der Waals surface area (Å²) >= 11 is 3.94. The van der Waals surface area contributed by atoms with Crippen LogP contribution in [0.1, 0.15) is 16.7 Å². The normalized spacial score (nSPS) is 16.9. The van der Waals surface area contributed by atoms with Gasteiger partial charge in [-0.05, 0) is 63.4 Å². The minimum Gasteiger partial charge on any atom is -0.507 e. The summed E-state index contributed by atoms with van der Waals surface area (Å²) in [6.07, 6.45) is 0. The van der Waals surface area contributed by atoms with Gasteiger partial charge in [-0.2, -0.15) is 8.42 Å². The molecule has 0 fully saturated rings. The molecule has 0 unspecified atom stereocenters. The van der Waals surface area contributed by atoms with Gasteiger partial charge in [-0.25, -0.2) is 4.18 Å². The van der Waals surface area contributed by atoms with E-state index in [0.29, 0.717) is 23.8 Å². The zero-order chi connectivity index (χ0) is 19.8. The molecule has 3 aromatic carbocycles. The first-order chi connectivity index (χ1) is 13.2. The molecule has 0 aliphatic carbocycles. The average molecular weight is 821 g/mol. The van der Waals surface area contributed by atoms with Crippen LogP contribution < -0.4 is 4.74 Å². The Morgan fingerprint density at radius 1 is 0.828 bits per heavy atom. The molecule has 10 heteroatoms. The predicted octanol–water partition coefficient (Wildman–Crippen LogP) is 4.42. The van der Waals surface area contributed by atoms with E-state index in [-0.39, 0.29) is 55.6 Å². The molecule has 2 N–H and O–H groups in total. The molecule has 0 bridgehead atoms. The summed E-state index contributed by atoms with van der Waals surface area (Å²) in [6.45, 7) is 0. The minimum absolute atomic E-state index is 0. The molecule has 0 saturated carbocycles. The Balaban J connectivity index is 0.00000205. The van der Waals surface area contributed by atoms with E-state index in [1.165, 1.54) is 18.2 Å². The van der Waals surface area contributed by atoms with E-state index >= 15 is 0 Å². The molecule has 1 spiro atoms. The third-order valence-electron chi connectivity index (χ3n) is 4.85. The summed E-state index contributed by atoms with van der Waals surface area (Å²) in [5, 5.41) is 20.3. The Morgan fingerprint density at radius 3 is 1.90 bits per heavy atom. The predicted molar refractivity (Wildman–Crippen MR) is 116 cm³/mol. The number of ether oxygens (including phenoxy) is 1. The van der Waals surface area contributed by atoms with Crippen LogP contribution in [0.2, 0.25) is 0 Å². The molecule has 2 heterocycles. The average Bonchev–Trinajstić information content (AvgIpc) is 2.88. The monoisotopic (exact) mass is 822 g/mol. The molecular formula is C19H10HgI2O6S+2. The number of phenols is 2. The SMILES string of the molecule is O=S1(=O)OC2(c3cc(I)c(O)cc3Oc3cc(O)c(I)cc32)c2ccccc21.[Hg+2]. The number of benzene rings is 3. The molecule has 29 heavy (non-hydrogen) atoms. The van der Waals surface area contributed by atoms with Gasteiger partial charge >= 0.3 is 27.7 Å². The second-order valence-electron chi connectivity index (χ2n) is 6.42. The third-order valence-corrected chi connectivity index (χ3v) is 7.94. The molecule has 0 amide bonds. The van der Waals surface area contributed by atoms with Gasteiger partial charge in [-0.15, -0.1) is 0 Å². The molecule has 0 saturated heterocycles. The first kappa shape index (κ1) is 21.6. The van der Waals surface area contributed by atoms with Crippen LogP contribution in [0.15, 0.2) is 53.4 Å². The number of rotatable bonds is 0. The first-order valence-corrected chi connectivity index (χ1v) is 11.6. The summed E-state index contributed by atoms with van der Waals surface area (Å²) in [7, 11) is -4.03. The molecule has 142 valence electrons. The molecule has 0 atom stereocenters. The van der Waals surface area contributed by atoms with E-state index in [0.717, 1.165) is 0 Å². The summed E-state index contributed by atoms with van der Waals surface area (Å²) < 4.78 is 38.6. The van der Waals surface area contributed by atoms with Crippen LogP contribution >= 0.6 is 45.2 Å². The molecule has 0 aromatic heterocycles. The number of hydrogen-bond acceptors (Lipinski definition) is 6. The van der Waals surface area contributed by atoms with Crippen molar-refractivity contribution in [2.75, 3.05) is 0 Å². The largest absolute Gasteiger partial charge is 2.00 e. The van der Waals surface area contributed by atoms with Gasteiger partial charge < -0.3 is 14.9 Å². The van der Waals surface area contributed by atoms with Gasteiger partial charge in [0.15, 0.2) is 5.60 Å². The number of phenolic OH excluding ortho intramolecular Hbond substituents is 2. The van der Waals surface area contributed by atoms with Gasteiger partial charge in [0.25, 0.3) is 10.1 Å². The van der Waals surface area contributed by atoms with Crippen LogP contribution in [0.25, 0.3) is 0 Å². The molecule has 3 aromatic rings. The molecule has 2 aliphatic heterocycles. The van der Waals surface area contributed by atoms with Crippen molar-refractivity contribution in [1.82, 2.24) is 0 Å². The van der Waals surface area contributed by atoms with E-state index in [1.54, 1.807) is 30.3 Å². The maximum Gasteiger partial charge on any atom is 2.00 e. The van der Waals surface area contributed by atoms with Crippen LogP contribution in [0.4, 0.5) is 0 Å². The fraction of sp³-hybridized carbons (Fsp3) is 0.0526. The number of aromatic hydroxyl groups is 2. The van der Waals surface area contributed by atoms with Crippen LogP contribution in [0.5, 0.6) is 23.0 Å². The molecule has 0 radical (unpaired) electrons. The van der Waals surface area contributed by atoms with Gasteiger partial charge in [0.1, 0.15) is 27.9 Å². The summed E-state index contributed by atoms with van der Waals surface area (Å²) in [4.78, 5) is 0.0833. The Labute approximate surface area is 214 Å². The zero-order valence-electron chi connectivity index (χ0n) is 14.5. The Bertz CT molecular complexity index is 1230. The second kappa shape index (κ2) is 7.21. The van der Waals surface area contributed by atoms with Gasteiger partial charge in [0, 0.05) is 28.8 Å². The van der Waals surface area contributed by atoms with Crippen LogP contribution in [-0.4, -0.2) is 18.6 Å². The second-order valence-corrected chi connectivity index (χ2v) is 10.3. The van der Waals surface area contributed by atoms with E-state index in [4.69, 9.17) is 8.92 Å². The Kier molecular flexibility index (Phi) is 5.37. The van der Waals surface area contributed by atoms with E-state index in [1.807, 2.05) is 45.2 Å². The van der Waals surface area contributed by atoms with Gasteiger partial charge in [-0.1, -0.05) is 18.2 Å². The Hall–Kier alpha value is -0.635. The van der Waals surface area contributed by atoms with Crippen molar-refractivity contribution in [3.63, 3.8) is 0 Å². The van der Waals surface area contributed by atoms with Crippen molar-refractivity contribution in [3.05, 3.63) is 72.4 Å². The Morgan fingerprint density at radius 2 is 1.34 bits per heavy atom. The van der Waals surface area contributed by atoms with Gasteiger partial charge in [0.05, 0.1) is 7.14 Å². The molecule has 6 nitrogen and oxygen atoms in total. The number of hydrogen-bond donors (Lipinski definition) is 2. The molecule has 5 rings (SSSR count). The topological polar surface area (TPSA) is 93.1 Å². The number of halogens is 2. The maximum atomic E-state index is 12.9. The summed E-state index contributed by atoms with van der Waals surface area (Å²) in [5.41, 5.74) is -0.0715. The van der Waals surface area contributed by atoms with Crippen molar-refractivity contribution >= 4 is 55.3 Å². The standard InChI is InChI=1S/C19H10I2O6S.Hg/c20-12-5-10-16(7-14(12)22)26-17-8-15(23)13(21)6-11(17)19(10)9-3-1-2-4-18(9)28(24,25)27-19;/h1-8,22-23H;/q;+2. The molecular weight excluding hydrogens is 811 g/mol. The van der Waals surface area contributed by atoms with E-state index < -0.39 is 15.7 Å². The fourth-order valence-electron chi connectivity index (χ4n) is 3.68. The van der Waals surface area contributed by atoms with Crippen molar-refractivity contribution in [2.24, 2.45) is 0 Å². The molecule has 2 aliphatic rings.